The summed E-state index contributed by atoms with van der Waals surface area (Å²) in [6.45, 7) is 2.53. The maximum atomic E-state index is 9.11. The van der Waals surface area contributed by atoms with E-state index in [1.54, 1.807) is 13.3 Å². The SMILES string of the molecule is COc1ncccc1CNc1ccc(C)cc1C#N. The molecule has 0 fully saturated rings. The fraction of sp³-hybridized carbons (Fsp3) is 0.200. The molecule has 0 spiro atoms. The van der Waals surface area contributed by atoms with Crippen molar-refractivity contribution in [2.24, 2.45) is 0 Å². The summed E-state index contributed by atoms with van der Waals surface area (Å²) in [5.41, 5.74) is 3.48. The Bertz CT molecular complexity index is 617. The molecule has 0 amide bonds. The van der Waals surface area contributed by atoms with E-state index in [1.807, 2.05) is 37.3 Å². The second kappa shape index (κ2) is 5.87. The van der Waals surface area contributed by atoms with Gasteiger partial charge >= 0.3 is 0 Å². The Balaban J connectivity index is 2.17. The molecule has 4 nitrogen and oxygen atoms in total. The van der Waals surface area contributed by atoms with Gasteiger partial charge in [-0.05, 0) is 30.7 Å². The van der Waals surface area contributed by atoms with Crippen LogP contribution in [0.15, 0.2) is 36.5 Å². The summed E-state index contributed by atoms with van der Waals surface area (Å²) < 4.78 is 5.19. The van der Waals surface area contributed by atoms with Crippen LogP contribution in [-0.2, 0) is 6.54 Å². The Morgan fingerprint density at radius 3 is 2.95 bits per heavy atom. The monoisotopic (exact) mass is 253 g/mol. The number of anilines is 1. The normalized spacial score (nSPS) is 9.74. The van der Waals surface area contributed by atoms with Gasteiger partial charge in [-0.1, -0.05) is 12.1 Å². The lowest BCUT2D eigenvalue weighted by Gasteiger charge is -2.11. The molecular weight excluding hydrogens is 238 g/mol. The molecule has 0 aliphatic rings. The highest BCUT2D eigenvalue weighted by Crippen LogP contribution is 2.19. The summed E-state index contributed by atoms with van der Waals surface area (Å²) >= 11 is 0. The topological polar surface area (TPSA) is 57.9 Å². The highest BCUT2D eigenvalue weighted by atomic mass is 16.5. The zero-order valence-electron chi connectivity index (χ0n) is 11.0. The van der Waals surface area contributed by atoms with Crippen molar-refractivity contribution < 1.29 is 4.74 Å². The standard InChI is InChI=1S/C15H15N3O/c1-11-5-6-14(13(8-11)9-16)18-10-12-4-3-7-17-15(12)19-2/h3-8,18H,10H2,1-2H3. The zero-order chi connectivity index (χ0) is 13.7. The molecule has 19 heavy (non-hydrogen) atoms. The van der Waals surface area contributed by atoms with Gasteiger partial charge in [-0.2, -0.15) is 5.26 Å². The van der Waals surface area contributed by atoms with Gasteiger partial charge in [0.25, 0.3) is 0 Å². The molecule has 0 saturated heterocycles. The van der Waals surface area contributed by atoms with Crippen molar-refractivity contribution in [1.82, 2.24) is 4.98 Å². The quantitative estimate of drug-likeness (QED) is 0.910. The van der Waals surface area contributed by atoms with Gasteiger partial charge in [0.05, 0.1) is 18.4 Å². The van der Waals surface area contributed by atoms with Crippen LogP contribution in [0.4, 0.5) is 5.69 Å². The Labute approximate surface area is 112 Å². The number of nitrogens with one attached hydrogen (secondary N) is 1. The van der Waals surface area contributed by atoms with Crippen LogP contribution in [0.2, 0.25) is 0 Å². The number of nitriles is 1. The Kier molecular flexibility index (Phi) is 3.99. The minimum atomic E-state index is 0.564. The van der Waals surface area contributed by atoms with Crippen LogP contribution >= 0.6 is 0 Å². The first-order chi connectivity index (χ1) is 9.24. The van der Waals surface area contributed by atoms with Crippen molar-refractivity contribution in [1.29, 1.82) is 5.26 Å². The molecule has 4 heteroatoms. The highest BCUT2D eigenvalue weighted by molar-refractivity contribution is 5.58. The molecule has 1 N–H and O–H groups in total. The highest BCUT2D eigenvalue weighted by Gasteiger charge is 2.05. The van der Waals surface area contributed by atoms with E-state index in [1.165, 1.54) is 0 Å². The average Bonchev–Trinajstić information content (AvgIpc) is 2.46. The second-order valence-corrected chi connectivity index (χ2v) is 4.19. The summed E-state index contributed by atoms with van der Waals surface area (Å²) in [7, 11) is 1.60. The van der Waals surface area contributed by atoms with Crippen LogP contribution in [0, 0.1) is 18.3 Å². The summed E-state index contributed by atoms with van der Waals surface area (Å²) in [5, 5.41) is 12.4. The number of hydrogen-bond donors (Lipinski definition) is 1. The number of ether oxygens (including phenoxy) is 1. The molecule has 0 aliphatic heterocycles. The molecule has 0 atom stereocenters. The van der Waals surface area contributed by atoms with Crippen LogP contribution in [0.1, 0.15) is 16.7 Å². The number of aromatic nitrogens is 1. The molecule has 0 aliphatic carbocycles. The van der Waals surface area contributed by atoms with Crippen molar-refractivity contribution in [3.8, 4) is 11.9 Å². The summed E-state index contributed by atoms with van der Waals surface area (Å²) in [6.07, 6.45) is 1.69. The first-order valence-electron chi connectivity index (χ1n) is 5.97. The predicted molar refractivity (Wildman–Crippen MR) is 74.0 cm³/mol. The molecule has 0 bridgehead atoms. The van der Waals surface area contributed by atoms with E-state index in [0.29, 0.717) is 18.0 Å². The van der Waals surface area contributed by atoms with E-state index in [0.717, 1.165) is 16.8 Å². The van der Waals surface area contributed by atoms with Gasteiger partial charge in [0, 0.05) is 18.3 Å². The summed E-state index contributed by atoms with van der Waals surface area (Å²) in [5.74, 6) is 0.598. The van der Waals surface area contributed by atoms with Crippen molar-refractivity contribution >= 4 is 5.69 Å². The fourth-order valence-corrected chi connectivity index (χ4v) is 1.84. The van der Waals surface area contributed by atoms with Crippen molar-refractivity contribution in [3.05, 3.63) is 53.2 Å². The lowest BCUT2D eigenvalue weighted by atomic mass is 10.1. The first kappa shape index (κ1) is 12.9. The molecule has 0 radical (unpaired) electrons. The number of aryl methyl sites for hydroxylation is 1. The summed E-state index contributed by atoms with van der Waals surface area (Å²) in [4.78, 5) is 4.14. The molecule has 2 aromatic rings. The van der Waals surface area contributed by atoms with E-state index in [2.05, 4.69) is 16.4 Å². The van der Waals surface area contributed by atoms with Crippen molar-refractivity contribution in [2.75, 3.05) is 12.4 Å². The number of nitrogens with zero attached hydrogens (tertiary/aromatic N) is 2. The number of hydrogen-bond acceptors (Lipinski definition) is 4. The number of methoxy groups -OCH3 is 1. The molecule has 1 aromatic carbocycles. The molecule has 1 heterocycles. The van der Waals surface area contributed by atoms with Crippen LogP contribution in [-0.4, -0.2) is 12.1 Å². The van der Waals surface area contributed by atoms with E-state index < -0.39 is 0 Å². The minimum Gasteiger partial charge on any atom is -0.481 e. The minimum absolute atomic E-state index is 0.564. The van der Waals surface area contributed by atoms with Crippen molar-refractivity contribution in [2.45, 2.75) is 13.5 Å². The van der Waals surface area contributed by atoms with Crippen LogP contribution in [0.25, 0.3) is 0 Å². The van der Waals surface area contributed by atoms with Crippen LogP contribution < -0.4 is 10.1 Å². The van der Waals surface area contributed by atoms with Gasteiger partial charge in [0.1, 0.15) is 6.07 Å². The summed E-state index contributed by atoms with van der Waals surface area (Å²) in [6, 6.07) is 11.7. The van der Waals surface area contributed by atoms with Crippen LogP contribution in [0.3, 0.4) is 0 Å². The molecule has 2 rings (SSSR count). The number of rotatable bonds is 4. The Hall–Kier alpha value is -2.54. The Morgan fingerprint density at radius 2 is 2.21 bits per heavy atom. The zero-order valence-corrected chi connectivity index (χ0v) is 11.0. The maximum Gasteiger partial charge on any atom is 0.218 e. The third-order valence-corrected chi connectivity index (χ3v) is 2.81. The van der Waals surface area contributed by atoms with Gasteiger partial charge in [-0.15, -0.1) is 0 Å². The fourth-order valence-electron chi connectivity index (χ4n) is 1.84. The van der Waals surface area contributed by atoms with E-state index >= 15 is 0 Å². The average molecular weight is 253 g/mol. The van der Waals surface area contributed by atoms with Crippen LogP contribution in [0.5, 0.6) is 5.88 Å². The lowest BCUT2D eigenvalue weighted by Crippen LogP contribution is -2.04. The maximum absolute atomic E-state index is 9.11. The van der Waals surface area contributed by atoms with E-state index in [9.17, 15) is 0 Å². The predicted octanol–water partition coefficient (Wildman–Crippen LogP) is 2.88. The van der Waals surface area contributed by atoms with E-state index in [-0.39, 0.29) is 0 Å². The van der Waals surface area contributed by atoms with Gasteiger partial charge in [-0.3, -0.25) is 0 Å². The number of benzene rings is 1. The molecule has 0 saturated carbocycles. The number of pyridine rings is 1. The van der Waals surface area contributed by atoms with Crippen molar-refractivity contribution in [3.63, 3.8) is 0 Å². The molecular formula is C15H15N3O. The van der Waals surface area contributed by atoms with Gasteiger partial charge in [-0.25, -0.2) is 4.98 Å². The largest absolute Gasteiger partial charge is 0.481 e. The van der Waals surface area contributed by atoms with Gasteiger partial charge in [0.15, 0.2) is 0 Å². The third kappa shape index (κ3) is 3.02. The molecule has 1 aromatic heterocycles. The Morgan fingerprint density at radius 1 is 1.37 bits per heavy atom. The smallest absolute Gasteiger partial charge is 0.218 e. The second-order valence-electron chi connectivity index (χ2n) is 4.19. The molecule has 0 unspecified atom stereocenters. The van der Waals surface area contributed by atoms with Gasteiger partial charge in [0.2, 0.25) is 5.88 Å². The van der Waals surface area contributed by atoms with E-state index in [4.69, 9.17) is 10.00 Å². The first-order valence-corrected chi connectivity index (χ1v) is 5.97. The lowest BCUT2D eigenvalue weighted by molar-refractivity contribution is 0.393. The third-order valence-electron chi connectivity index (χ3n) is 2.81. The molecule has 96 valence electrons. The van der Waals surface area contributed by atoms with Gasteiger partial charge < -0.3 is 10.1 Å².